The Kier molecular flexibility index (Phi) is 6.80. The van der Waals surface area contributed by atoms with Crippen LogP contribution in [0.2, 0.25) is 0 Å². The number of anilines is 2. The van der Waals surface area contributed by atoms with Crippen molar-refractivity contribution < 1.29 is 26.8 Å². The molecule has 0 aliphatic heterocycles. The fourth-order valence-electron chi connectivity index (χ4n) is 2.91. The molecule has 33 heavy (non-hydrogen) atoms. The highest BCUT2D eigenvalue weighted by Gasteiger charge is 2.26. The van der Waals surface area contributed by atoms with Crippen LogP contribution in [0.1, 0.15) is 19.6 Å². The van der Waals surface area contributed by atoms with Crippen LogP contribution in [0.4, 0.5) is 15.8 Å². The second kappa shape index (κ2) is 9.24. The summed E-state index contributed by atoms with van der Waals surface area (Å²) in [5.41, 5.74) is -0.248. The van der Waals surface area contributed by atoms with Crippen molar-refractivity contribution >= 4 is 27.3 Å². The number of carbonyl (C=O) groups is 1. The summed E-state index contributed by atoms with van der Waals surface area (Å²) in [6.45, 7) is 5.14. The normalized spacial score (nSPS) is 11.8. The van der Waals surface area contributed by atoms with Crippen LogP contribution < -0.4 is 20.1 Å². The molecule has 0 saturated carbocycles. The molecule has 3 rings (SSSR count). The SMILES string of the molecule is CNC(C)(C)C(=O)Nc1ccc(OC)c(NS(=O)(=O)c2ccc(-c3ccc(C)o3)c(F)c2)c1. The number of hydrogen-bond acceptors (Lipinski definition) is 6. The number of carbonyl (C=O) groups excluding carboxylic acids is 1. The van der Waals surface area contributed by atoms with E-state index in [2.05, 4.69) is 15.4 Å². The highest BCUT2D eigenvalue weighted by molar-refractivity contribution is 7.92. The van der Waals surface area contributed by atoms with Gasteiger partial charge in [-0.05, 0) is 76.3 Å². The fourth-order valence-corrected chi connectivity index (χ4v) is 3.98. The third-order valence-electron chi connectivity index (χ3n) is 5.15. The van der Waals surface area contributed by atoms with Crippen molar-refractivity contribution in [1.29, 1.82) is 0 Å². The Morgan fingerprint density at radius 1 is 1.09 bits per heavy atom. The number of hydrogen-bond donors (Lipinski definition) is 3. The molecule has 0 atom stereocenters. The first-order chi connectivity index (χ1) is 15.5. The van der Waals surface area contributed by atoms with Crippen molar-refractivity contribution in [2.75, 3.05) is 24.2 Å². The predicted molar refractivity (Wildman–Crippen MR) is 124 cm³/mol. The van der Waals surface area contributed by atoms with Crippen LogP contribution >= 0.6 is 0 Å². The molecule has 1 amide bonds. The number of methoxy groups -OCH3 is 1. The van der Waals surface area contributed by atoms with E-state index in [0.29, 0.717) is 17.2 Å². The maximum Gasteiger partial charge on any atom is 0.262 e. The summed E-state index contributed by atoms with van der Waals surface area (Å²) < 4.78 is 53.7. The largest absolute Gasteiger partial charge is 0.495 e. The Hall–Kier alpha value is -3.37. The molecule has 8 nitrogen and oxygen atoms in total. The highest BCUT2D eigenvalue weighted by Crippen LogP contribution is 2.32. The van der Waals surface area contributed by atoms with Gasteiger partial charge in [0.1, 0.15) is 23.1 Å². The lowest BCUT2D eigenvalue weighted by Gasteiger charge is -2.23. The van der Waals surface area contributed by atoms with E-state index >= 15 is 0 Å². The van der Waals surface area contributed by atoms with E-state index in [1.807, 2.05) is 0 Å². The molecule has 10 heteroatoms. The first kappa shape index (κ1) is 24.3. The number of ether oxygens (including phenoxy) is 1. The zero-order valence-electron chi connectivity index (χ0n) is 18.9. The zero-order valence-corrected chi connectivity index (χ0v) is 19.8. The number of nitrogens with one attached hydrogen (secondary N) is 3. The van der Waals surface area contributed by atoms with Gasteiger partial charge in [0.2, 0.25) is 5.91 Å². The molecule has 0 radical (unpaired) electrons. The first-order valence-electron chi connectivity index (χ1n) is 10.0. The number of rotatable bonds is 8. The molecule has 3 aromatic rings. The van der Waals surface area contributed by atoms with Crippen LogP contribution in [0.15, 0.2) is 57.8 Å². The molecule has 1 heterocycles. The van der Waals surface area contributed by atoms with Gasteiger partial charge in [-0.1, -0.05) is 0 Å². The maximum atomic E-state index is 14.7. The number of benzene rings is 2. The smallest absolute Gasteiger partial charge is 0.262 e. The van der Waals surface area contributed by atoms with Gasteiger partial charge in [0.25, 0.3) is 10.0 Å². The molecule has 0 unspecified atom stereocenters. The molecular weight excluding hydrogens is 449 g/mol. The summed E-state index contributed by atoms with van der Waals surface area (Å²) in [4.78, 5) is 12.2. The van der Waals surface area contributed by atoms with Crippen molar-refractivity contribution in [3.63, 3.8) is 0 Å². The third-order valence-corrected chi connectivity index (χ3v) is 6.51. The fraction of sp³-hybridized carbons (Fsp3) is 0.261. The van der Waals surface area contributed by atoms with Crippen LogP contribution in [0.3, 0.4) is 0 Å². The second-order valence-corrected chi connectivity index (χ2v) is 9.58. The summed E-state index contributed by atoms with van der Waals surface area (Å²) in [6.07, 6.45) is 0. The van der Waals surface area contributed by atoms with E-state index in [0.717, 1.165) is 6.07 Å². The molecule has 0 fully saturated rings. The number of sulfonamides is 1. The minimum atomic E-state index is -4.17. The molecule has 0 saturated heterocycles. The molecule has 0 aliphatic carbocycles. The Morgan fingerprint density at radius 3 is 2.39 bits per heavy atom. The summed E-state index contributed by atoms with van der Waals surface area (Å²) >= 11 is 0. The average Bonchev–Trinajstić information content (AvgIpc) is 3.19. The molecular formula is C23H26FN3O5S. The van der Waals surface area contributed by atoms with Crippen molar-refractivity contribution in [1.82, 2.24) is 5.32 Å². The summed E-state index contributed by atoms with van der Waals surface area (Å²) in [5.74, 6) is 0.0911. The second-order valence-electron chi connectivity index (χ2n) is 7.90. The van der Waals surface area contributed by atoms with Gasteiger partial charge >= 0.3 is 0 Å². The van der Waals surface area contributed by atoms with Gasteiger partial charge in [-0.3, -0.25) is 9.52 Å². The molecule has 1 aromatic heterocycles. The Balaban J connectivity index is 1.90. The topological polar surface area (TPSA) is 110 Å². The van der Waals surface area contributed by atoms with Crippen molar-refractivity contribution in [2.45, 2.75) is 31.2 Å². The van der Waals surface area contributed by atoms with Crippen LogP contribution in [0.5, 0.6) is 5.75 Å². The van der Waals surface area contributed by atoms with Crippen molar-refractivity contribution in [3.05, 3.63) is 60.1 Å². The lowest BCUT2D eigenvalue weighted by atomic mass is 10.1. The Bertz CT molecular complexity index is 1280. The van der Waals surface area contributed by atoms with E-state index in [1.54, 1.807) is 46.0 Å². The zero-order chi connectivity index (χ0) is 24.4. The highest BCUT2D eigenvalue weighted by atomic mass is 32.2. The maximum absolute atomic E-state index is 14.7. The standard InChI is InChI=1S/C23H26FN3O5S/c1-14-6-10-20(32-14)17-9-8-16(13-18(17)24)33(29,30)27-19-12-15(7-11-21(19)31-5)26-22(28)23(2,3)25-4/h6-13,25,27H,1-5H3,(H,26,28). The van der Waals surface area contributed by atoms with Crippen LogP contribution in [0, 0.1) is 12.7 Å². The van der Waals surface area contributed by atoms with Crippen LogP contribution in [0.25, 0.3) is 11.3 Å². The molecule has 0 bridgehead atoms. The molecule has 0 aliphatic rings. The number of halogens is 1. The Morgan fingerprint density at radius 2 is 1.82 bits per heavy atom. The van der Waals surface area contributed by atoms with E-state index < -0.39 is 21.4 Å². The van der Waals surface area contributed by atoms with Gasteiger partial charge in [-0.25, -0.2) is 12.8 Å². The van der Waals surface area contributed by atoms with E-state index in [1.165, 1.54) is 31.4 Å². The van der Waals surface area contributed by atoms with E-state index in [-0.39, 0.29) is 27.8 Å². The molecule has 3 N–H and O–H groups in total. The lowest BCUT2D eigenvalue weighted by molar-refractivity contribution is -0.121. The van der Waals surface area contributed by atoms with Crippen LogP contribution in [-0.2, 0) is 14.8 Å². The van der Waals surface area contributed by atoms with Crippen LogP contribution in [-0.4, -0.2) is 34.0 Å². The predicted octanol–water partition coefficient (Wildman–Crippen LogP) is 4.14. The summed E-state index contributed by atoms with van der Waals surface area (Å²) in [7, 11) is -1.12. The number of amides is 1. The number of likely N-dealkylation sites (N-methyl/N-ethyl adjacent to an activating group) is 1. The number of aryl methyl sites for hydroxylation is 1. The molecule has 176 valence electrons. The lowest BCUT2D eigenvalue weighted by Crippen LogP contribution is -2.47. The van der Waals surface area contributed by atoms with Gasteiger partial charge < -0.3 is 19.8 Å². The summed E-state index contributed by atoms with van der Waals surface area (Å²) in [5, 5.41) is 5.62. The minimum absolute atomic E-state index is 0.0868. The van der Waals surface area contributed by atoms with Crippen molar-refractivity contribution in [2.24, 2.45) is 0 Å². The van der Waals surface area contributed by atoms with Gasteiger partial charge in [-0.15, -0.1) is 0 Å². The monoisotopic (exact) mass is 475 g/mol. The molecule has 2 aromatic carbocycles. The quantitative estimate of drug-likeness (QED) is 0.452. The van der Waals surface area contributed by atoms with Crippen molar-refractivity contribution in [3.8, 4) is 17.1 Å². The average molecular weight is 476 g/mol. The minimum Gasteiger partial charge on any atom is -0.495 e. The summed E-state index contributed by atoms with van der Waals surface area (Å²) in [6, 6.07) is 11.4. The first-order valence-corrected chi connectivity index (χ1v) is 11.5. The van der Waals surface area contributed by atoms with Gasteiger partial charge in [-0.2, -0.15) is 0 Å². The van der Waals surface area contributed by atoms with E-state index in [9.17, 15) is 17.6 Å². The Labute approximate surface area is 192 Å². The van der Waals surface area contributed by atoms with E-state index in [4.69, 9.17) is 9.15 Å². The van der Waals surface area contributed by atoms with Gasteiger partial charge in [0.15, 0.2) is 0 Å². The number of furan rings is 1. The van der Waals surface area contributed by atoms with Gasteiger partial charge in [0, 0.05) is 5.69 Å². The third kappa shape index (κ3) is 5.35. The van der Waals surface area contributed by atoms with Gasteiger partial charge in [0.05, 0.1) is 28.8 Å². The molecule has 0 spiro atoms.